The zero-order valence-corrected chi connectivity index (χ0v) is 16.0. The third kappa shape index (κ3) is 3.31. The van der Waals surface area contributed by atoms with E-state index in [1.165, 1.54) is 5.57 Å². The highest BCUT2D eigenvalue weighted by molar-refractivity contribution is 5.20. The molecule has 0 amide bonds. The van der Waals surface area contributed by atoms with Gasteiger partial charge >= 0.3 is 0 Å². The Labute approximate surface area is 146 Å². The van der Waals surface area contributed by atoms with E-state index in [2.05, 4.69) is 33.8 Å². The van der Waals surface area contributed by atoms with Crippen molar-refractivity contribution < 1.29 is 19.3 Å². The van der Waals surface area contributed by atoms with Gasteiger partial charge in [0.1, 0.15) is 0 Å². The first-order valence-corrected chi connectivity index (χ1v) is 9.41. The molecule has 1 saturated heterocycles. The van der Waals surface area contributed by atoms with Crippen LogP contribution >= 0.6 is 0 Å². The fourth-order valence-corrected chi connectivity index (χ4v) is 5.01. The summed E-state index contributed by atoms with van der Waals surface area (Å²) in [6, 6.07) is 0. The molecule has 0 aromatic rings. The Morgan fingerprint density at radius 1 is 1.38 bits per heavy atom. The molecule has 4 unspecified atom stereocenters. The Morgan fingerprint density at radius 3 is 2.54 bits per heavy atom. The summed E-state index contributed by atoms with van der Waals surface area (Å²) in [5.74, 6) is 0.728. The monoisotopic (exact) mass is 338 g/mol. The highest BCUT2D eigenvalue weighted by atomic mass is 16.6. The SMILES string of the molecule is COC1C(OC(C)C)CC[C@]2(CO2)C1[C@@](C)(O)[C@@H]1CC1C=C(C)C. The number of hydrogen-bond acceptors (Lipinski definition) is 4. The first-order chi connectivity index (χ1) is 11.2. The van der Waals surface area contributed by atoms with Crippen LogP contribution in [0, 0.1) is 17.8 Å². The van der Waals surface area contributed by atoms with E-state index in [0.29, 0.717) is 5.92 Å². The molecule has 7 atom stereocenters. The van der Waals surface area contributed by atoms with Crippen LogP contribution in [0.1, 0.15) is 53.9 Å². The van der Waals surface area contributed by atoms with Gasteiger partial charge in [-0.05, 0) is 65.7 Å². The van der Waals surface area contributed by atoms with Crippen LogP contribution in [0.3, 0.4) is 0 Å². The highest BCUT2D eigenvalue weighted by Gasteiger charge is 2.68. The summed E-state index contributed by atoms with van der Waals surface area (Å²) in [7, 11) is 1.74. The Bertz CT molecular complexity index is 488. The number of rotatable bonds is 6. The van der Waals surface area contributed by atoms with E-state index < -0.39 is 5.60 Å². The van der Waals surface area contributed by atoms with Crippen LogP contribution in [0.2, 0.25) is 0 Å². The molecule has 0 aromatic carbocycles. The van der Waals surface area contributed by atoms with Gasteiger partial charge in [-0.3, -0.25) is 0 Å². The van der Waals surface area contributed by atoms with Crippen molar-refractivity contribution in [3.63, 3.8) is 0 Å². The second-order valence-corrected chi connectivity index (χ2v) is 8.77. The van der Waals surface area contributed by atoms with Gasteiger partial charge in [-0.1, -0.05) is 11.6 Å². The summed E-state index contributed by atoms with van der Waals surface area (Å²) in [6.07, 6.45) is 5.31. The van der Waals surface area contributed by atoms with Gasteiger partial charge in [0.15, 0.2) is 0 Å². The quantitative estimate of drug-likeness (QED) is 0.596. The zero-order chi connectivity index (χ0) is 17.7. The molecule has 4 nitrogen and oxygen atoms in total. The van der Waals surface area contributed by atoms with Crippen molar-refractivity contribution in [2.24, 2.45) is 17.8 Å². The zero-order valence-electron chi connectivity index (χ0n) is 16.0. The lowest BCUT2D eigenvalue weighted by molar-refractivity contribution is -0.190. The summed E-state index contributed by atoms with van der Waals surface area (Å²) < 4.78 is 17.9. The van der Waals surface area contributed by atoms with Gasteiger partial charge in [0.05, 0.1) is 36.1 Å². The van der Waals surface area contributed by atoms with Crippen molar-refractivity contribution in [2.75, 3.05) is 13.7 Å². The summed E-state index contributed by atoms with van der Waals surface area (Å²) in [6.45, 7) is 11.1. The van der Waals surface area contributed by atoms with Gasteiger partial charge in [0.2, 0.25) is 0 Å². The fraction of sp³-hybridized carbons (Fsp3) is 0.900. The van der Waals surface area contributed by atoms with Crippen molar-refractivity contribution in [3.8, 4) is 0 Å². The van der Waals surface area contributed by atoms with Crippen LogP contribution in [0.15, 0.2) is 11.6 Å². The van der Waals surface area contributed by atoms with E-state index in [0.717, 1.165) is 25.9 Å². The van der Waals surface area contributed by atoms with E-state index in [-0.39, 0.29) is 35.7 Å². The molecule has 0 radical (unpaired) electrons. The van der Waals surface area contributed by atoms with Crippen LogP contribution in [0.4, 0.5) is 0 Å². The van der Waals surface area contributed by atoms with Crippen molar-refractivity contribution in [2.45, 2.75) is 83.4 Å². The number of ether oxygens (including phenoxy) is 3. The van der Waals surface area contributed by atoms with E-state index in [1.807, 2.05) is 6.92 Å². The standard InChI is InChI=1S/C20H34O4/c1-12(2)9-14-10-15(14)19(5,21)18-17(22-6)16(24-13(3)4)7-8-20(18)11-23-20/h9,13-18,21H,7-8,10-11H2,1-6H3/t14?,15-,16?,17?,18?,19+,20+/m1/s1. The van der Waals surface area contributed by atoms with Gasteiger partial charge in [0, 0.05) is 13.0 Å². The summed E-state index contributed by atoms with van der Waals surface area (Å²) >= 11 is 0. The van der Waals surface area contributed by atoms with Crippen molar-refractivity contribution in [1.29, 1.82) is 0 Å². The first kappa shape index (κ1) is 18.4. The molecule has 3 aliphatic rings. The second kappa shape index (κ2) is 6.39. The number of hydrogen-bond donors (Lipinski definition) is 1. The lowest BCUT2D eigenvalue weighted by Gasteiger charge is -2.48. The average Bonchev–Trinajstić information content (AvgIpc) is 3.37. The lowest BCUT2D eigenvalue weighted by Crippen LogP contribution is -2.59. The smallest absolute Gasteiger partial charge is 0.0998 e. The van der Waals surface area contributed by atoms with E-state index >= 15 is 0 Å². The minimum Gasteiger partial charge on any atom is -0.389 e. The molecule has 3 fully saturated rings. The molecule has 0 aromatic heterocycles. The Balaban J connectivity index is 1.83. The molecule has 3 rings (SSSR count). The predicted octanol–water partition coefficient (Wildman–Crippen LogP) is 3.33. The van der Waals surface area contributed by atoms with Crippen molar-refractivity contribution in [3.05, 3.63) is 11.6 Å². The number of allylic oxidation sites excluding steroid dienone is 2. The highest BCUT2D eigenvalue weighted by Crippen LogP contribution is 2.59. The third-order valence-electron chi connectivity index (χ3n) is 6.12. The summed E-state index contributed by atoms with van der Waals surface area (Å²) in [5.41, 5.74) is 0.315. The molecule has 1 N–H and O–H groups in total. The van der Waals surface area contributed by atoms with Crippen LogP contribution in [-0.4, -0.2) is 48.3 Å². The topological polar surface area (TPSA) is 51.2 Å². The normalized spacial score (nSPS) is 43.6. The molecule has 138 valence electrons. The first-order valence-electron chi connectivity index (χ1n) is 9.41. The molecular formula is C20H34O4. The van der Waals surface area contributed by atoms with E-state index in [9.17, 15) is 5.11 Å². The average molecular weight is 338 g/mol. The van der Waals surface area contributed by atoms with Gasteiger partial charge in [-0.15, -0.1) is 0 Å². The third-order valence-corrected chi connectivity index (χ3v) is 6.12. The molecule has 24 heavy (non-hydrogen) atoms. The number of epoxide rings is 1. The maximum absolute atomic E-state index is 11.5. The van der Waals surface area contributed by atoms with Gasteiger partial charge in [0.25, 0.3) is 0 Å². The number of methoxy groups -OCH3 is 1. The molecule has 1 heterocycles. The van der Waals surface area contributed by atoms with Crippen LogP contribution in [0.5, 0.6) is 0 Å². The lowest BCUT2D eigenvalue weighted by atomic mass is 9.65. The van der Waals surface area contributed by atoms with Crippen LogP contribution < -0.4 is 0 Å². The van der Waals surface area contributed by atoms with E-state index in [4.69, 9.17) is 14.2 Å². The predicted molar refractivity (Wildman–Crippen MR) is 93.9 cm³/mol. The Hall–Kier alpha value is -0.420. The van der Waals surface area contributed by atoms with Crippen LogP contribution in [0.25, 0.3) is 0 Å². The molecule has 0 bridgehead atoms. The molecule has 1 spiro atoms. The minimum absolute atomic E-state index is 0.0296. The largest absolute Gasteiger partial charge is 0.389 e. The van der Waals surface area contributed by atoms with Gasteiger partial charge in [-0.2, -0.15) is 0 Å². The molecular weight excluding hydrogens is 304 g/mol. The van der Waals surface area contributed by atoms with Gasteiger partial charge < -0.3 is 19.3 Å². The molecule has 2 aliphatic carbocycles. The second-order valence-electron chi connectivity index (χ2n) is 8.77. The van der Waals surface area contributed by atoms with Crippen LogP contribution in [-0.2, 0) is 14.2 Å². The summed E-state index contributed by atoms with van der Waals surface area (Å²) in [5, 5.41) is 11.5. The van der Waals surface area contributed by atoms with Gasteiger partial charge in [-0.25, -0.2) is 0 Å². The molecule has 2 saturated carbocycles. The van der Waals surface area contributed by atoms with Crippen molar-refractivity contribution in [1.82, 2.24) is 0 Å². The Kier molecular flexibility index (Phi) is 4.89. The maximum Gasteiger partial charge on any atom is 0.0998 e. The number of aliphatic hydroxyl groups is 1. The summed E-state index contributed by atoms with van der Waals surface area (Å²) in [4.78, 5) is 0. The Morgan fingerprint density at radius 2 is 2.04 bits per heavy atom. The maximum atomic E-state index is 11.5. The van der Waals surface area contributed by atoms with E-state index in [1.54, 1.807) is 7.11 Å². The minimum atomic E-state index is -0.799. The molecule has 1 aliphatic heterocycles. The molecule has 4 heteroatoms. The van der Waals surface area contributed by atoms with Crippen molar-refractivity contribution >= 4 is 0 Å². The fourth-order valence-electron chi connectivity index (χ4n) is 5.01.